The fourth-order valence-electron chi connectivity index (χ4n) is 7.87. The number of aliphatic carboxylic acids is 1. The molecule has 3 aliphatic rings. The first kappa shape index (κ1) is 36.8. The molecule has 2 N–H and O–H groups in total. The number of hydrogen-bond acceptors (Lipinski definition) is 8. The summed E-state index contributed by atoms with van der Waals surface area (Å²) in [7, 11) is 3.36. The number of Topliss-reactive ketones (excluding diaryl/α,β-unsaturated/α-hetero) is 1. The lowest BCUT2D eigenvalue weighted by Gasteiger charge is -2.52. The molecule has 0 radical (unpaired) electrons. The SMILES string of the molecule is COc1cc(CC(=O)C(OC2CCC(C(=O)O)CC2)(N2CCCC2)N2CCN(CC(F)(F)F)CC2)ccc1NC(=O)c1cn(C)c2ccccc12. The highest BCUT2D eigenvalue weighted by Crippen LogP contribution is 2.37. The van der Waals surface area contributed by atoms with Gasteiger partial charge in [-0.05, 0) is 62.3 Å². The molecule has 14 heteroatoms. The third-order valence-electron chi connectivity index (χ3n) is 10.5. The zero-order valence-electron chi connectivity index (χ0n) is 29.1. The number of fused-ring (bicyclic) bond motifs is 1. The van der Waals surface area contributed by atoms with Crippen molar-refractivity contribution in [2.75, 3.05) is 58.2 Å². The number of carboxylic acids is 1. The van der Waals surface area contributed by atoms with Crippen molar-refractivity contribution in [2.24, 2.45) is 13.0 Å². The van der Waals surface area contributed by atoms with Crippen LogP contribution in [0, 0.1) is 5.92 Å². The number of para-hydroxylation sites is 1. The van der Waals surface area contributed by atoms with Gasteiger partial charge in [-0.25, -0.2) is 0 Å². The maximum absolute atomic E-state index is 14.8. The van der Waals surface area contributed by atoms with Crippen molar-refractivity contribution in [3.8, 4) is 5.75 Å². The van der Waals surface area contributed by atoms with E-state index >= 15 is 0 Å². The molecule has 0 bridgehead atoms. The van der Waals surface area contributed by atoms with Crippen molar-refractivity contribution in [3.63, 3.8) is 0 Å². The van der Waals surface area contributed by atoms with Crippen molar-refractivity contribution < 1.29 is 42.1 Å². The van der Waals surface area contributed by atoms with Gasteiger partial charge in [0.1, 0.15) is 5.75 Å². The van der Waals surface area contributed by atoms with Crippen molar-refractivity contribution >= 4 is 34.3 Å². The first-order valence-electron chi connectivity index (χ1n) is 17.6. The Kier molecular flexibility index (Phi) is 11.1. The van der Waals surface area contributed by atoms with Crippen LogP contribution in [-0.4, -0.2) is 113 Å². The molecule has 11 nitrogen and oxygen atoms in total. The summed E-state index contributed by atoms with van der Waals surface area (Å²) >= 11 is 0. The number of piperazine rings is 1. The Bertz CT molecular complexity index is 1720. The molecular weight excluding hydrogens is 667 g/mol. The Labute approximate surface area is 295 Å². The number of carboxylic acid groups (broad SMARTS) is 1. The number of benzene rings is 2. The quantitative estimate of drug-likeness (QED) is 0.263. The Hall–Kier alpha value is -3.98. The minimum absolute atomic E-state index is 0.0579. The van der Waals surface area contributed by atoms with Crippen LogP contribution in [0.3, 0.4) is 0 Å². The number of carbonyl (C=O) groups is 3. The van der Waals surface area contributed by atoms with Gasteiger partial charge in [-0.2, -0.15) is 13.2 Å². The average Bonchev–Trinajstić information content (AvgIpc) is 3.77. The van der Waals surface area contributed by atoms with Gasteiger partial charge in [0, 0.05) is 69.8 Å². The zero-order chi connectivity index (χ0) is 36.3. The second-order valence-corrected chi connectivity index (χ2v) is 13.9. The molecule has 2 aromatic carbocycles. The number of nitrogens with zero attached hydrogens (tertiary/aromatic N) is 4. The number of alkyl halides is 3. The van der Waals surface area contributed by atoms with E-state index in [-0.39, 0.29) is 50.4 Å². The fourth-order valence-corrected chi connectivity index (χ4v) is 7.87. The number of aryl methyl sites for hydroxylation is 1. The second-order valence-electron chi connectivity index (χ2n) is 13.9. The fraction of sp³-hybridized carbons (Fsp3) is 0.541. The van der Waals surface area contributed by atoms with Gasteiger partial charge < -0.3 is 24.5 Å². The van der Waals surface area contributed by atoms with E-state index < -0.39 is 30.5 Å². The van der Waals surface area contributed by atoms with Crippen LogP contribution < -0.4 is 10.1 Å². The van der Waals surface area contributed by atoms with Gasteiger partial charge in [-0.1, -0.05) is 24.3 Å². The number of ketones is 1. The molecule has 1 aliphatic carbocycles. The molecule has 1 atom stereocenters. The third-order valence-corrected chi connectivity index (χ3v) is 10.5. The number of amides is 1. The van der Waals surface area contributed by atoms with E-state index in [9.17, 15) is 32.7 Å². The topological polar surface area (TPSA) is 117 Å². The molecule has 3 fully saturated rings. The number of carbonyl (C=O) groups excluding carboxylic acids is 2. The largest absolute Gasteiger partial charge is 0.495 e. The van der Waals surface area contributed by atoms with Crippen molar-refractivity contribution in [1.29, 1.82) is 0 Å². The Morgan fingerprint density at radius 1 is 0.922 bits per heavy atom. The summed E-state index contributed by atoms with van der Waals surface area (Å²) in [5.41, 5.74) is 2.49. The number of nitrogens with one attached hydrogen (secondary N) is 1. The number of halogens is 3. The number of aromatic nitrogens is 1. The standard InChI is InChI=1S/C37H46F3N5O6/c1-42-23-29(28-7-3-4-8-31(28)42)34(47)41-30-14-9-25(21-32(30)50-2)22-33(46)37(44-15-5-6-16-44,51-27-12-10-26(11-13-27)35(48)49)45-19-17-43(18-20-45)24-36(38,39)40/h3-4,7-9,14,21,23,26-27H,5-6,10-13,15-20,22,24H2,1-2H3,(H,41,47)(H,48,49). The number of methoxy groups -OCH3 is 1. The number of ether oxygens (including phenoxy) is 2. The highest BCUT2D eigenvalue weighted by molar-refractivity contribution is 6.13. The van der Waals surface area contributed by atoms with E-state index in [0.29, 0.717) is 61.3 Å². The highest BCUT2D eigenvalue weighted by Gasteiger charge is 2.53. The Balaban J connectivity index is 1.26. The lowest BCUT2D eigenvalue weighted by molar-refractivity contribution is -0.262. The summed E-state index contributed by atoms with van der Waals surface area (Å²) in [5.74, 6) is -3.03. The van der Waals surface area contributed by atoms with Gasteiger partial charge in [-0.3, -0.25) is 29.1 Å². The Morgan fingerprint density at radius 3 is 2.24 bits per heavy atom. The molecule has 1 unspecified atom stereocenters. The van der Waals surface area contributed by atoms with E-state index in [0.717, 1.165) is 23.7 Å². The van der Waals surface area contributed by atoms with Gasteiger partial charge in [0.25, 0.3) is 5.91 Å². The first-order valence-corrected chi connectivity index (χ1v) is 17.6. The second kappa shape index (κ2) is 15.3. The summed E-state index contributed by atoms with van der Waals surface area (Å²) in [5, 5.41) is 13.3. The van der Waals surface area contributed by atoms with E-state index in [4.69, 9.17) is 9.47 Å². The minimum Gasteiger partial charge on any atom is -0.495 e. The van der Waals surface area contributed by atoms with Gasteiger partial charge in [0.2, 0.25) is 5.85 Å². The third kappa shape index (κ3) is 8.09. The smallest absolute Gasteiger partial charge is 0.401 e. The van der Waals surface area contributed by atoms with Gasteiger partial charge in [-0.15, -0.1) is 0 Å². The van der Waals surface area contributed by atoms with Crippen molar-refractivity contribution in [2.45, 2.75) is 63.1 Å². The van der Waals surface area contributed by atoms with Gasteiger partial charge in [0.05, 0.1) is 36.9 Å². The van der Waals surface area contributed by atoms with Crippen molar-refractivity contribution in [1.82, 2.24) is 19.3 Å². The van der Waals surface area contributed by atoms with Gasteiger partial charge >= 0.3 is 12.1 Å². The van der Waals surface area contributed by atoms with Crippen LogP contribution in [-0.2, 0) is 27.8 Å². The van der Waals surface area contributed by atoms with Crippen LogP contribution >= 0.6 is 0 Å². The molecule has 51 heavy (non-hydrogen) atoms. The molecule has 1 aromatic heterocycles. The Morgan fingerprint density at radius 2 is 1.59 bits per heavy atom. The summed E-state index contributed by atoms with van der Waals surface area (Å²) in [6.45, 7) is 0.793. The minimum atomic E-state index is -4.33. The van der Waals surface area contributed by atoms with Crippen LogP contribution in [0.5, 0.6) is 5.75 Å². The van der Waals surface area contributed by atoms with E-state index in [1.165, 1.54) is 12.0 Å². The molecule has 2 saturated heterocycles. The van der Waals surface area contributed by atoms with Crippen LogP contribution in [0.15, 0.2) is 48.7 Å². The lowest BCUT2D eigenvalue weighted by atomic mass is 9.87. The van der Waals surface area contributed by atoms with Crippen molar-refractivity contribution in [3.05, 3.63) is 59.8 Å². The lowest BCUT2D eigenvalue weighted by Crippen LogP contribution is -2.71. The van der Waals surface area contributed by atoms with Crippen LogP contribution in [0.1, 0.15) is 54.4 Å². The van der Waals surface area contributed by atoms with Gasteiger partial charge in [0.15, 0.2) is 5.78 Å². The van der Waals surface area contributed by atoms with Crippen LogP contribution in [0.4, 0.5) is 18.9 Å². The summed E-state index contributed by atoms with van der Waals surface area (Å²) in [6.07, 6.45) is 0.460. The number of likely N-dealkylation sites (tertiary alicyclic amines) is 1. The number of hydrogen-bond donors (Lipinski definition) is 2. The summed E-state index contributed by atoms with van der Waals surface area (Å²) in [4.78, 5) is 45.2. The molecular formula is C37H46F3N5O6. The summed E-state index contributed by atoms with van der Waals surface area (Å²) in [6, 6.07) is 12.8. The normalized spacial score (nSPS) is 22.1. The molecule has 3 aromatic rings. The average molecular weight is 714 g/mol. The molecule has 3 heterocycles. The van der Waals surface area contributed by atoms with E-state index in [1.54, 1.807) is 24.4 Å². The number of rotatable bonds is 12. The predicted molar refractivity (Wildman–Crippen MR) is 185 cm³/mol. The summed E-state index contributed by atoms with van der Waals surface area (Å²) < 4.78 is 54.3. The van der Waals surface area contributed by atoms with Crippen LogP contribution in [0.25, 0.3) is 10.9 Å². The molecule has 6 rings (SSSR count). The molecule has 0 spiro atoms. The molecule has 276 valence electrons. The predicted octanol–water partition coefficient (Wildman–Crippen LogP) is 5.14. The van der Waals surface area contributed by atoms with E-state index in [2.05, 4.69) is 5.32 Å². The molecule has 2 aliphatic heterocycles. The van der Waals surface area contributed by atoms with Crippen LogP contribution in [0.2, 0.25) is 0 Å². The zero-order valence-corrected chi connectivity index (χ0v) is 29.1. The maximum Gasteiger partial charge on any atom is 0.401 e. The molecule has 1 amide bonds. The van der Waals surface area contributed by atoms with E-state index in [1.807, 2.05) is 45.7 Å². The maximum atomic E-state index is 14.8. The monoisotopic (exact) mass is 713 g/mol. The number of anilines is 1. The molecule has 1 saturated carbocycles. The highest BCUT2D eigenvalue weighted by atomic mass is 19.4. The first-order chi connectivity index (χ1) is 24.4.